The lowest BCUT2D eigenvalue weighted by molar-refractivity contribution is 0.595. The van der Waals surface area contributed by atoms with Gasteiger partial charge in [0.15, 0.2) is 0 Å². The van der Waals surface area contributed by atoms with Crippen LogP contribution in [0.2, 0.25) is 0 Å². The molecule has 21 heavy (non-hydrogen) atoms. The largest absolute Gasteiger partial charge is 0.399 e. The molecule has 0 saturated carbocycles. The van der Waals surface area contributed by atoms with Crippen LogP contribution >= 0.6 is 0 Å². The first-order chi connectivity index (χ1) is 9.92. The minimum Gasteiger partial charge on any atom is -0.399 e. The molecule has 4 nitrogen and oxygen atoms in total. The number of benzene rings is 2. The molecule has 0 unspecified atom stereocenters. The molecule has 2 N–H and O–H groups in total. The number of nitrogen functional groups attached to an aromatic ring is 1. The van der Waals surface area contributed by atoms with Crippen molar-refractivity contribution in [1.82, 2.24) is 0 Å². The van der Waals surface area contributed by atoms with E-state index in [0.29, 0.717) is 5.69 Å². The number of sulfonamides is 1. The van der Waals surface area contributed by atoms with Crippen LogP contribution in [0.5, 0.6) is 0 Å². The second kappa shape index (κ2) is 6.18. The van der Waals surface area contributed by atoms with Crippen LogP contribution in [0.15, 0.2) is 48.5 Å². The zero-order chi connectivity index (χ0) is 15.5. The van der Waals surface area contributed by atoms with Crippen molar-refractivity contribution in [2.24, 2.45) is 0 Å². The third kappa shape index (κ3) is 3.76. The van der Waals surface area contributed by atoms with E-state index in [1.165, 1.54) is 9.87 Å². The Kier molecular flexibility index (Phi) is 4.53. The van der Waals surface area contributed by atoms with Gasteiger partial charge in [-0.05, 0) is 48.7 Å². The van der Waals surface area contributed by atoms with Gasteiger partial charge in [-0.15, -0.1) is 0 Å². The highest BCUT2D eigenvalue weighted by atomic mass is 32.2. The summed E-state index contributed by atoms with van der Waals surface area (Å²) in [5.41, 5.74) is 9.40. The average Bonchev–Trinajstić information content (AvgIpc) is 2.49. The standard InChI is InChI=1S/C16H20N2O2S/c1-3-21(19,20)18(2)16-10-6-14(7-11-16)12-13-4-8-15(17)9-5-13/h4-11H,3,12,17H2,1-2H3. The van der Waals surface area contributed by atoms with Crippen molar-refractivity contribution in [3.05, 3.63) is 59.7 Å². The van der Waals surface area contributed by atoms with Crippen molar-refractivity contribution in [2.45, 2.75) is 13.3 Å². The Hall–Kier alpha value is -2.01. The second-order valence-corrected chi connectivity index (χ2v) is 7.24. The van der Waals surface area contributed by atoms with E-state index in [9.17, 15) is 8.42 Å². The van der Waals surface area contributed by atoms with E-state index in [1.807, 2.05) is 48.5 Å². The zero-order valence-electron chi connectivity index (χ0n) is 12.3. The fourth-order valence-corrected chi connectivity index (χ4v) is 2.88. The van der Waals surface area contributed by atoms with E-state index in [0.717, 1.165) is 17.7 Å². The predicted molar refractivity (Wildman–Crippen MR) is 88.0 cm³/mol. The Morgan fingerprint density at radius 2 is 1.43 bits per heavy atom. The summed E-state index contributed by atoms with van der Waals surface area (Å²) < 4.78 is 25.0. The Labute approximate surface area is 126 Å². The predicted octanol–water partition coefficient (Wildman–Crippen LogP) is 2.65. The first-order valence-electron chi connectivity index (χ1n) is 6.82. The van der Waals surface area contributed by atoms with Crippen molar-refractivity contribution in [3.8, 4) is 0 Å². The van der Waals surface area contributed by atoms with Gasteiger partial charge in [0.25, 0.3) is 0 Å². The van der Waals surface area contributed by atoms with Gasteiger partial charge in [0.05, 0.1) is 11.4 Å². The van der Waals surface area contributed by atoms with Crippen molar-refractivity contribution in [3.63, 3.8) is 0 Å². The van der Waals surface area contributed by atoms with E-state index in [2.05, 4.69) is 0 Å². The molecule has 0 heterocycles. The molecule has 0 saturated heterocycles. The molecule has 0 radical (unpaired) electrons. The SMILES string of the molecule is CCS(=O)(=O)N(C)c1ccc(Cc2ccc(N)cc2)cc1. The minimum atomic E-state index is -3.21. The van der Waals surface area contributed by atoms with E-state index in [1.54, 1.807) is 14.0 Å². The van der Waals surface area contributed by atoms with Crippen LogP contribution in [0.3, 0.4) is 0 Å². The summed E-state index contributed by atoms with van der Waals surface area (Å²) in [5.74, 6) is 0.0939. The smallest absolute Gasteiger partial charge is 0.234 e. The van der Waals surface area contributed by atoms with Gasteiger partial charge in [-0.3, -0.25) is 4.31 Å². The molecule has 0 aliphatic carbocycles. The summed E-state index contributed by atoms with van der Waals surface area (Å²) in [4.78, 5) is 0. The summed E-state index contributed by atoms with van der Waals surface area (Å²) in [5, 5.41) is 0. The zero-order valence-corrected chi connectivity index (χ0v) is 13.1. The Morgan fingerprint density at radius 1 is 0.952 bits per heavy atom. The Bertz CT molecular complexity index is 692. The number of nitrogens with two attached hydrogens (primary N) is 1. The Balaban J connectivity index is 2.14. The van der Waals surface area contributed by atoms with E-state index >= 15 is 0 Å². The molecule has 0 fully saturated rings. The maximum Gasteiger partial charge on any atom is 0.234 e. The van der Waals surface area contributed by atoms with E-state index in [4.69, 9.17) is 5.73 Å². The molecule has 0 aliphatic heterocycles. The highest BCUT2D eigenvalue weighted by Crippen LogP contribution is 2.19. The van der Waals surface area contributed by atoms with Gasteiger partial charge >= 0.3 is 0 Å². The molecule has 0 aliphatic rings. The molecular formula is C16H20N2O2S. The van der Waals surface area contributed by atoms with Gasteiger partial charge in [-0.1, -0.05) is 24.3 Å². The average molecular weight is 304 g/mol. The molecule has 0 atom stereocenters. The number of nitrogens with zero attached hydrogens (tertiary/aromatic N) is 1. The number of anilines is 2. The molecule has 0 amide bonds. The minimum absolute atomic E-state index is 0.0939. The summed E-state index contributed by atoms with van der Waals surface area (Å²) in [6, 6.07) is 15.3. The molecule has 0 bridgehead atoms. The molecule has 2 aromatic rings. The maximum absolute atomic E-state index is 11.8. The van der Waals surface area contributed by atoms with Gasteiger partial charge in [0.2, 0.25) is 10.0 Å². The third-order valence-corrected chi connectivity index (χ3v) is 5.24. The molecule has 5 heteroatoms. The van der Waals surface area contributed by atoms with Crippen LogP contribution < -0.4 is 10.0 Å². The van der Waals surface area contributed by atoms with Crippen LogP contribution in [-0.2, 0) is 16.4 Å². The summed E-state index contributed by atoms with van der Waals surface area (Å²) >= 11 is 0. The molecular weight excluding hydrogens is 284 g/mol. The van der Waals surface area contributed by atoms with Crippen molar-refractivity contribution >= 4 is 21.4 Å². The van der Waals surface area contributed by atoms with Crippen LogP contribution in [0.25, 0.3) is 0 Å². The summed E-state index contributed by atoms with van der Waals surface area (Å²) in [7, 11) is -1.63. The summed E-state index contributed by atoms with van der Waals surface area (Å²) in [6.07, 6.45) is 0.796. The van der Waals surface area contributed by atoms with E-state index < -0.39 is 10.0 Å². The first kappa shape index (κ1) is 15.4. The van der Waals surface area contributed by atoms with Crippen molar-refractivity contribution in [1.29, 1.82) is 0 Å². The highest BCUT2D eigenvalue weighted by molar-refractivity contribution is 7.92. The number of hydrogen-bond acceptors (Lipinski definition) is 3. The second-order valence-electron chi connectivity index (χ2n) is 4.95. The van der Waals surface area contributed by atoms with Gasteiger partial charge in [0, 0.05) is 12.7 Å². The summed E-state index contributed by atoms with van der Waals surface area (Å²) in [6.45, 7) is 1.64. The maximum atomic E-state index is 11.8. The fraction of sp³-hybridized carbons (Fsp3) is 0.250. The molecule has 2 rings (SSSR count). The van der Waals surface area contributed by atoms with Crippen molar-refractivity contribution in [2.75, 3.05) is 22.8 Å². The lowest BCUT2D eigenvalue weighted by atomic mass is 10.0. The Morgan fingerprint density at radius 3 is 1.90 bits per heavy atom. The molecule has 112 valence electrons. The topological polar surface area (TPSA) is 63.4 Å². The van der Waals surface area contributed by atoms with Crippen LogP contribution in [0.1, 0.15) is 18.1 Å². The molecule has 0 aromatic heterocycles. The van der Waals surface area contributed by atoms with Gasteiger partial charge in [0.1, 0.15) is 0 Å². The lowest BCUT2D eigenvalue weighted by Gasteiger charge is -2.18. The highest BCUT2D eigenvalue weighted by Gasteiger charge is 2.15. The monoisotopic (exact) mass is 304 g/mol. The van der Waals surface area contributed by atoms with Crippen LogP contribution in [-0.4, -0.2) is 21.2 Å². The fourth-order valence-electron chi connectivity index (χ4n) is 2.05. The number of rotatable bonds is 5. The van der Waals surface area contributed by atoms with Crippen molar-refractivity contribution < 1.29 is 8.42 Å². The normalized spacial score (nSPS) is 11.3. The van der Waals surface area contributed by atoms with Crippen LogP contribution in [0, 0.1) is 0 Å². The van der Waals surface area contributed by atoms with Gasteiger partial charge in [-0.2, -0.15) is 0 Å². The van der Waals surface area contributed by atoms with Gasteiger partial charge in [-0.25, -0.2) is 8.42 Å². The quantitative estimate of drug-likeness (QED) is 0.864. The van der Waals surface area contributed by atoms with Gasteiger partial charge < -0.3 is 5.73 Å². The van der Waals surface area contributed by atoms with E-state index in [-0.39, 0.29) is 5.75 Å². The number of hydrogen-bond donors (Lipinski definition) is 1. The molecule has 2 aromatic carbocycles. The molecule has 0 spiro atoms. The lowest BCUT2D eigenvalue weighted by Crippen LogP contribution is -2.27. The first-order valence-corrected chi connectivity index (χ1v) is 8.43. The third-order valence-electron chi connectivity index (χ3n) is 3.47. The van der Waals surface area contributed by atoms with Crippen LogP contribution in [0.4, 0.5) is 11.4 Å².